The first-order chi connectivity index (χ1) is 8.20. The molecule has 0 aliphatic heterocycles. The number of nitrogens with one attached hydrogen (secondary N) is 1. The molecule has 0 aliphatic rings. The molecule has 0 aromatic carbocycles. The molecule has 17 heavy (non-hydrogen) atoms. The molecule has 2 N–H and O–H groups in total. The molecular formula is C12H23N3O2. The normalized spacial score (nSPS) is 11.1. The van der Waals surface area contributed by atoms with Crippen LogP contribution in [-0.2, 0) is 17.8 Å². The van der Waals surface area contributed by atoms with E-state index in [0.29, 0.717) is 13.2 Å². The zero-order valence-corrected chi connectivity index (χ0v) is 11.0. The van der Waals surface area contributed by atoms with E-state index in [-0.39, 0.29) is 6.61 Å². The van der Waals surface area contributed by atoms with Gasteiger partial charge in [-0.25, -0.2) is 0 Å². The highest BCUT2D eigenvalue weighted by Gasteiger charge is 2.10. The van der Waals surface area contributed by atoms with Crippen LogP contribution in [0.1, 0.15) is 23.9 Å². The summed E-state index contributed by atoms with van der Waals surface area (Å²) < 4.78 is 7.22. The third-order valence-electron chi connectivity index (χ3n) is 2.77. The zero-order chi connectivity index (χ0) is 12.7. The van der Waals surface area contributed by atoms with Crippen LogP contribution in [-0.4, -0.2) is 41.3 Å². The zero-order valence-electron chi connectivity index (χ0n) is 11.0. The quantitative estimate of drug-likeness (QED) is 0.655. The van der Waals surface area contributed by atoms with Crippen molar-refractivity contribution >= 4 is 0 Å². The minimum Gasteiger partial charge on any atom is -0.394 e. The maximum absolute atomic E-state index is 8.61. The van der Waals surface area contributed by atoms with Crippen molar-refractivity contribution in [2.24, 2.45) is 0 Å². The highest BCUT2D eigenvalue weighted by atomic mass is 16.5. The average Bonchev–Trinajstić information content (AvgIpc) is 2.58. The van der Waals surface area contributed by atoms with Crippen molar-refractivity contribution in [3.05, 3.63) is 17.0 Å². The highest BCUT2D eigenvalue weighted by Crippen LogP contribution is 2.12. The van der Waals surface area contributed by atoms with Crippen molar-refractivity contribution in [3.8, 4) is 0 Å². The Kier molecular flexibility index (Phi) is 6.18. The molecule has 5 nitrogen and oxygen atoms in total. The summed E-state index contributed by atoms with van der Waals surface area (Å²) in [6.07, 6.45) is 0. The summed E-state index contributed by atoms with van der Waals surface area (Å²) in [5.41, 5.74) is 3.54. The Morgan fingerprint density at radius 1 is 1.35 bits per heavy atom. The number of hydrogen-bond acceptors (Lipinski definition) is 4. The Balaban J connectivity index is 2.55. The van der Waals surface area contributed by atoms with Gasteiger partial charge < -0.3 is 15.2 Å². The number of aliphatic hydroxyl groups excluding tert-OH is 1. The van der Waals surface area contributed by atoms with Crippen LogP contribution in [0.15, 0.2) is 0 Å². The van der Waals surface area contributed by atoms with E-state index in [1.54, 1.807) is 0 Å². The van der Waals surface area contributed by atoms with Crippen LogP contribution in [0.25, 0.3) is 0 Å². The van der Waals surface area contributed by atoms with Crippen LogP contribution in [0.3, 0.4) is 0 Å². The molecule has 0 saturated carbocycles. The van der Waals surface area contributed by atoms with Gasteiger partial charge in [0, 0.05) is 17.8 Å². The molecule has 0 amide bonds. The molecule has 5 heteroatoms. The number of nitrogens with zero attached hydrogens (tertiary/aromatic N) is 2. The summed E-state index contributed by atoms with van der Waals surface area (Å²) in [6.45, 7) is 9.82. The van der Waals surface area contributed by atoms with Gasteiger partial charge in [0.15, 0.2) is 0 Å². The van der Waals surface area contributed by atoms with Crippen LogP contribution in [0, 0.1) is 13.8 Å². The number of ether oxygens (including phenoxy) is 1. The first-order valence-corrected chi connectivity index (χ1v) is 6.12. The molecule has 0 spiro atoms. The van der Waals surface area contributed by atoms with E-state index in [1.807, 2.05) is 11.6 Å². The van der Waals surface area contributed by atoms with Crippen LogP contribution < -0.4 is 5.32 Å². The standard InChI is InChI=1S/C12H23N3O2/c1-4-13-9-12-10(2)14-15(11(12)3)5-7-17-8-6-16/h13,16H,4-9H2,1-3H3. The van der Waals surface area contributed by atoms with E-state index in [0.717, 1.165) is 25.3 Å². The van der Waals surface area contributed by atoms with E-state index in [4.69, 9.17) is 9.84 Å². The highest BCUT2D eigenvalue weighted by molar-refractivity contribution is 5.24. The maximum atomic E-state index is 8.61. The van der Waals surface area contributed by atoms with E-state index < -0.39 is 0 Å². The average molecular weight is 241 g/mol. The second-order valence-corrected chi connectivity index (χ2v) is 3.99. The van der Waals surface area contributed by atoms with Gasteiger partial charge in [0.25, 0.3) is 0 Å². The maximum Gasteiger partial charge on any atom is 0.0698 e. The number of rotatable bonds is 8. The molecule has 0 atom stereocenters. The topological polar surface area (TPSA) is 59.3 Å². The van der Waals surface area contributed by atoms with Crippen molar-refractivity contribution in [1.29, 1.82) is 0 Å². The predicted octanol–water partition coefficient (Wildman–Crippen LogP) is 0.618. The summed E-state index contributed by atoms with van der Waals surface area (Å²) in [4.78, 5) is 0. The smallest absolute Gasteiger partial charge is 0.0698 e. The van der Waals surface area contributed by atoms with Gasteiger partial charge in [0.2, 0.25) is 0 Å². The Labute approximate surface area is 103 Å². The summed E-state index contributed by atoms with van der Waals surface area (Å²) in [6, 6.07) is 0. The molecule has 1 aromatic rings. The van der Waals surface area contributed by atoms with Gasteiger partial charge in [-0.15, -0.1) is 0 Å². The number of aryl methyl sites for hydroxylation is 1. The molecule has 0 radical (unpaired) electrons. The third kappa shape index (κ3) is 4.11. The molecule has 0 fully saturated rings. The number of aliphatic hydroxyl groups is 1. The van der Waals surface area contributed by atoms with E-state index >= 15 is 0 Å². The lowest BCUT2D eigenvalue weighted by atomic mass is 10.2. The van der Waals surface area contributed by atoms with Crippen molar-refractivity contribution in [2.75, 3.05) is 26.4 Å². The van der Waals surface area contributed by atoms with Crippen molar-refractivity contribution < 1.29 is 9.84 Å². The molecule has 1 heterocycles. The number of aromatic nitrogens is 2. The van der Waals surface area contributed by atoms with E-state index in [9.17, 15) is 0 Å². The summed E-state index contributed by atoms with van der Waals surface area (Å²) in [5, 5.41) is 16.4. The molecular weight excluding hydrogens is 218 g/mol. The molecule has 1 aromatic heterocycles. The van der Waals surface area contributed by atoms with Gasteiger partial charge in [-0.3, -0.25) is 4.68 Å². The van der Waals surface area contributed by atoms with Gasteiger partial charge in [-0.05, 0) is 20.4 Å². The van der Waals surface area contributed by atoms with Gasteiger partial charge in [0.05, 0.1) is 32.1 Å². The fourth-order valence-corrected chi connectivity index (χ4v) is 1.78. The third-order valence-corrected chi connectivity index (χ3v) is 2.77. The summed E-state index contributed by atoms with van der Waals surface area (Å²) >= 11 is 0. The van der Waals surface area contributed by atoms with Gasteiger partial charge >= 0.3 is 0 Å². The largest absolute Gasteiger partial charge is 0.394 e. The summed E-state index contributed by atoms with van der Waals surface area (Å²) in [5.74, 6) is 0. The van der Waals surface area contributed by atoms with Crippen LogP contribution in [0.4, 0.5) is 0 Å². The van der Waals surface area contributed by atoms with Crippen molar-refractivity contribution in [3.63, 3.8) is 0 Å². The monoisotopic (exact) mass is 241 g/mol. The molecule has 0 unspecified atom stereocenters. The lowest BCUT2D eigenvalue weighted by Gasteiger charge is -2.06. The van der Waals surface area contributed by atoms with E-state index in [2.05, 4.69) is 24.3 Å². The second kappa shape index (κ2) is 7.42. The Hall–Kier alpha value is -0.910. The molecule has 98 valence electrons. The van der Waals surface area contributed by atoms with Gasteiger partial charge in [0.1, 0.15) is 0 Å². The minimum absolute atomic E-state index is 0.0722. The van der Waals surface area contributed by atoms with Gasteiger partial charge in [-0.2, -0.15) is 5.10 Å². The molecule has 0 saturated heterocycles. The van der Waals surface area contributed by atoms with Crippen molar-refractivity contribution in [1.82, 2.24) is 15.1 Å². The van der Waals surface area contributed by atoms with Gasteiger partial charge in [-0.1, -0.05) is 6.92 Å². The Morgan fingerprint density at radius 3 is 2.76 bits per heavy atom. The lowest BCUT2D eigenvalue weighted by Crippen LogP contribution is -2.14. The molecule has 0 bridgehead atoms. The van der Waals surface area contributed by atoms with Crippen LogP contribution in [0.5, 0.6) is 0 Å². The Morgan fingerprint density at radius 2 is 2.12 bits per heavy atom. The SMILES string of the molecule is CCNCc1c(C)nn(CCOCCO)c1C. The Bertz CT molecular complexity index is 337. The van der Waals surface area contributed by atoms with E-state index in [1.165, 1.54) is 11.3 Å². The second-order valence-electron chi connectivity index (χ2n) is 3.99. The van der Waals surface area contributed by atoms with Crippen LogP contribution >= 0.6 is 0 Å². The first kappa shape index (κ1) is 14.2. The molecule has 1 rings (SSSR count). The fourth-order valence-electron chi connectivity index (χ4n) is 1.78. The minimum atomic E-state index is 0.0722. The predicted molar refractivity (Wildman–Crippen MR) is 67.0 cm³/mol. The summed E-state index contributed by atoms with van der Waals surface area (Å²) in [7, 11) is 0. The van der Waals surface area contributed by atoms with Crippen molar-refractivity contribution in [2.45, 2.75) is 33.9 Å². The first-order valence-electron chi connectivity index (χ1n) is 6.12. The lowest BCUT2D eigenvalue weighted by molar-refractivity contribution is 0.0850. The number of hydrogen-bond donors (Lipinski definition) is 2. The molecule has 0 aliphatic carbocycles. The fraction of sp³-hybridized carbons (Fsp3) is 0.750. The van der Waals surface area contributed by atoms with Crippen LogP contribution in [0.2, 0.25) is 0 Å².